The number of aryl methyl sites for hydroxylation is 2. The van der Waals surface area contributed by atoms with Crippen LogP contribution in [0.3, 0.4) is 0 Å². The van der Waals surface area contributed by atoms with Crippen molar-refractivity contribution < 1.29 is 22.3 Å². The van der Waals surface area contributed by atoms with Crippen LogP contribution in [0.5, 0.6) is 5.75 Å². The zero-order chi connectivity index (χ0) is 21.3. The van der Waals surface area contributed by atoms with Gasteiger partial charge in [-0.3, -0.25) is 4.79 Å². The molecule has 8 nitrogen and oxygen atoms in total. The van der Waals surface area contributed by atoms with Crippen LogP contribution in [0.4, 0.5) is 10.1 Å². The van der Waals surface area contributed by atoms with Gasteiger partial charge in [0.2, 0.25) is 10.0 Å². The Morgan fingerprint density at radius 1 is 1.17 bits per heavy atom. The van der Waals surface area contributed by atoms with Gasteiger partial charge in [-0.1, -0.05) is 0 Å². The number of benzene rings is 2. The smallest absolute Gasteiger partial charge is 0.259 e. The van der Waals surface area contributed by atoms with E-state index < -0.39 is 21.7 Å². The first-order chi connectivity index (χ1) is 13.6. The van der Waals surface area contributed by atoms with Crippen molar-refractivity contribution in [2.45, 2.75) is 18.7 Å². The Labute approximate surface area is 167 Å². The fraction of sp³-hybridized carbons (Fsp3) is 0.158. The number of primary sulfonamides is 1. The molecule has 0 aliphatic rings. The van der Waals surface area contributed by atoms with Gasteiger partial charge in [0.05, 0.1) is 23.3 Å². The second kappa shape index (κ2) is 7.64. The first-order valence-electron chi connectivity index (χ1n) is 8.45. The van der Waals surface area contributed by atoms with E-state index in [-0.39, 0.29) is 27.6 Å². The Kier molecular flexibility index (Phi) is 5.40. The summed E-state index contributed by atoms with van der Waals surface area (Å²) in [4.78, 5) is 12.4. The number of nitrogens with two attached hydrogens (primary N) is 1. The van der Waals surface area contributed by atoms with E-state index in [2.05, 4.69) is 10.4 Å². The van der Waals surface area contributed by atoms with Crippen LogP contribution in [0.15, 0.2) is 47.4 Å². The van der Waals surface area contributed by atoms with Crippen LogP contribution in [0, 0.1) is 19.7 Å². The fourth-order valence-corrected chi connectivity index (χ4v) is 3.41. The van der Waals surface area contributed by atoms with Gasteiger partial charge in [0.25, 0.3) is 5.91 Å². The largest absolute Gasteiger partial charge is 0.496 e. The molecule has 0 saturated carbocycles. The van der Waals surface area contributed by atoms with Gasteiger partial charge in [-0.2, -0.15) is 5.10 Å². The molecule has 0 bridgehead atoms. The molecule has 3 rings (SSSR count). The van der Waals surface area contributed by atoms with Crippen LogP contribution in [-0.2, 0) is 10.0 Å². The van der Waals surface area contributed by atoms with Gasteiger partial charge < -0.3 is 10.1 Å². The van der Waals surface area contributed by atoms with Crippen molar-refractivity contribution in [3.8, 4) is 11.4 Å². The van der Waals surface area contributed by atoms with E-state index in [9.17, 15) is 17.6 Å². The standard InChI is InChI=1S/C19H19FN4O4S/c1-11-8-12(2)24(23-11)17-6-4-13(9-16(17)20)22-19(25)15-10-14(29(21,26)27)5-7-18(15)28-3/h4-10H,1-3H3,(H,22,25)(H2,21,26,27). The summed E-state index contributed by atoms with van der Waals surface area (Å²) in [7, 11) is -2.67. The van der Waals surface area contributed by atoms with Crippen molar-refractivity contribution in [1.82, 2.24) is 9.78 Å². The number of sulfonamides is 1. The Morgan fingerprint density at radius 2 is 1.90 bits per heavy atom. The Morgan fingerprint density at radius 3 is 2.45 bits per heavy atom. The lowest BCUT2D eigenvalue weighted by molar-refractivity contribution is 0.102. The average molecular weight is 418 g/mol. The van der Waals surface area contributed by atoms with Crippen molar-refractivity contribution in [2.75, 3.05) is 12.4 Å². The van der Waals surface area contributed by atoms with Crippen LogP contribution in [0.1, 0.15) is 21.7 Å². The molecule has 0 unspecified atom stereocenters. The summed E-state index contributed by atoms with van der Waals surface area (Å²) < 4.78 is 44.3. The quantitative estimate of drug-likeness (QED) is 0.660. The molecule has 0 atom stereocenters. The topological polar surface area (TPSA) is 116 Å². The van der Waals surface area contributed by atoms with Gasteiger partial charge in [-0.25, -0.2) is 22.6 Å². The third kappa shape index (κ3) is 4.28. The molecule has 1 aromatic heterocycles. The van der Waals surface area contributed by atoms with E-state index in [4.69, 9.17) is 9.88 Å². The minimum absolute atomic E-state index is 0.0537. The predicted octanol–water partition coefficient (Wildman–Crippen LogP) is 2.54. The minimum atomic E-state index is -4.01. The SMILES string of the molecule is COc1ccc(S(N)(=O)=O)cc1C(=O)Nc1ccc(-n2nc(C)cc2C)c(F)c1. The molecule has 0 aliphatic heterocycles. The van der Waals surface area contributed by atoms with Gasteiger partial charge in [0.1, 0.15) is 11.4 Å². The highest BCUT2D eigenvalue weighted by molar-refractivity contribution is 7.89. The zero-order valence-corrected chi connectivity index (χ0v) is 16.7. The number of methoxy groups -OCH3 is 1. The number of anilines is 1. The van der Waals surface area contributed by atoms with Crippen LogP contribution >= 0.6 is 0 Å². The maximum atomic E-state index is 14.6. The summed E-state index contributed by atoms with van der Waals surface area (Å²) in [6, 6.07) is 9.63. The number of halogens is 1. The van der Waals surface area contributed by atoms with E-state index in [1.165, 1.54) is 36.1 Å². The summed E-state index contributed by atoms with van der Waals surface area (Å²) in [6.45, 7) is 3.61. The third-order valence-corrected chi connectivity index (χ3v) is 5.10. The Hall–Kier alpha value is -3.24. The lowest BCUT2D eigenvalue weighted by Crippen LogP contribution is -2.17. The summed E-state index contributed by atoms with van der Waals surface area (Å²) >= 11 is 0. The van der Waals surface area contributed by atoms with E-state index in [0.29, 0.717) is 0 Å². The average Bonchev–Trinajstić information content (AvgIpc) is 2.98. The Bertz CT molecular complexity index is 1200. The molecule has 152 valence electrons. The Balaban J connectivity index is 1.92. The summed E-state index contributed by atoms with van der Waals surface area (Å²) in [5.41, 5.74) is 1.88. The van der Waals surface area contributed by atoms with Crippen molar-refractivity contribution in [3.63, 3.8) is 0 Å². The fourth-order valence-electron chi connectivity index (χ4n) is 2.87. The number of rotatable bonds is 5. The molecule has 29 heavy (non-hydrogen) atoms. The van der Waals surface area contributed by atoms with Gasteiger partial charge in [-0.15, -0.1) is 0 Å². The number of carbonyl (C=O) groups is 1. The van der Waals surface area contributed by atoms with Crippen molar-refractivity contribution in [3.05, 3.63) is 65.2 Å². The number of hydrogen-bond donors (Lipinski definition) is 2. The lowest BCUT2D eigenvalue weighted by Gasteiger charge is -2.12. The van der Waals surface area contributed by atoms with Gasteiger partial charge in [-0.05, 0) is 56.3 Å². The molecule has 3 aromatic rings. The van der Waals surface area contributed by atoms with Gasteiger partial charge in [0.15, 0.2) is 5.82 Å². The number of carbonyl (C=O) groups excluding carboxylic acids is 1. The van der Waals surface area contributed by atoms with Crippen molar-refractivity contribution in [2.24, 2.45) is 5.14 Å². The van der Waals surface area contributed by atoms with Crippen LogP contribution in [0.25, 0.3) is 5.69 Å². The summed E-state index contributed by atoms with van der Waals surface area (Å²) in [6.07, 6.45) is 0. The zero-order valence-electron chi connectivity index (χ0n) is 15.9. The van der Waals surface area contributed by atoms with Gasteiger partial charge >= 0.3 is 0 Å². The number of hydrogen-bond acceptors (Lipinski definition) is 5. The second-order valence-corrected chi connectivity index (χ2v) is 7.93. The first-order valence-corrected chi connectivity index (χ1v) is 10.00. The summed E-state index contributed by atoms with van der Waals surface area (Å²) in [5.74, 6) is -1.11. The number of nitrogens with one attached hydrogen (secondary N) is 1. The molecule has 0 saturated heterocycles. The first kappa shape index (κ1) is 20.5. The van der Waals surface area contributed by atoms with E-state index >= 15 is 0 Å². The predicted molar refractivity (Wildman–Crippen MR) is 105 cm³/mol. The van der Waals surface area contributed by atoms with Crippen molar-refractivity contribution >= 4 is 21.6 Å². The lowest BCUT2D eigenvalue weighted by atomic mass is 10.1. The molecular weight excluding hydrogens is 399 g/mol. The molecule has 3 N–H and O–H groups in total. The number of amides is 1. The third-order valence-electron chi connectivity index (χ3n) is 4.19. The van der Waals surface area contributed by atoms with Crippen LogP contribution < -0.4 is 15.2 Å². The maximum Gasteiger partial charge on any atom is 0.259 e. The second-order valence-electron chi connectivity index (χ2n) is 6.37. The highest BCUT2D eigenvalue weighted by Gasteiger charge is 2.18. The molecule has 10 heteroatoms. The van der Waals surface area contributed by atoms with Crippen molar-refractivity contribution in [1.29, 1.82) is 0 Å². The monoisotopic (exact) mass is 418 g/mol. The number of ether oxygens (including phenoxy) is 1. The molecular formula is C19H19FN4O4S. The van der Waals surface area contributed by atoms with Gasteiger partial charge in [0, 0.05) is 11.4 Å². The summed E-state index contributed by atoms with van der Waals surface area (Å²) in [5, 5.41) is 11.9. The molecule has 1 amide bonds. The molecule has 0 aliphatic carbocycles. The highest BCUT2D eigenvalue weighted by Crippen LogP contribution is 2.25. The van der Waals surface area contributed by atoms with E-state index in [0.717, 1.165) is 23.5 Å². The normalized spacial score (nSPS) is 11.3. The minimum Gasteiger partial charge on any atom is -0.496 e. The molecule has 0 fully saturated rings. The number of nitrogens with zero attached hydrogens (tertiary/aromatic N) is 2. The molecule has 0 spiro atoms. The molecule has 2 aromatic carbocycles. The van der Waals surface area contributed by atoms with E-state index in [1.54, 1.807) is 13.8 Å². The highest BCUT2D eigenvalue weighted by atomic mass is 32.2. The molecule has 0 radical (unpaired) electrons. The number of aromatic nitrogens is 2. The maximum absolute atomic E-state index is 14.6. The van der Waals surface area contributed by atoms with Crippen LogP contribution in [0.2, 0.25) is 0 Å². The van der Waals surface area contributed by atoms with Crippen LogP contribution in [-0.4, -0.2) is 31.2 Å². The molecule has 1 heterocycles. The van der Waals surface area contributed by atoms with E-state index in [1.807, 2.05) is 6.07 Å².